The van der Waals surface area contributed by atoms with Gasteiger partial charge in [0.1, 0.15) is 5.56 Å². The van der Waals surface area contributed by atoms with E-state index in [1.807, 2.05) is 64.0 Å². The molecule has 2 aliphatic heterocycles. The van der Waals surface area contributed by atoms with Crippen molar-refractivity contribution in [3.63, 3.8) is 0 Å². The Labute approximate surface area is 152 Å². The van der Waals surface area contributed by atoms with Crippen LogP contribution in [0.3, 0.4) is 0 Å². The zero-order valence-corrected chi connectivity index (χ0v) is 13.7. The van der Waals surface area contributed by atoms with Gasteiger partial charge in [0.25, 0.3) is 5.70 Å². The van der Waals surface area contributed by atoms with Crippen molar-refractivity contribution in [2.75, 3.05) is 0 Å². The van der Waals surface area contributed by atoms with Gasteiger partial charge in [-0.3, -0.25) is 10.1 Å². The Hall–Kier alpha value is -3.60. The molecular formula is C21H15N3O2+2. The second kappa shape index (κ2) is 4.95. The van der Waals surface area contributed by atoms with Crippen LogP contribution in [0.2, 0.25) is 0 Å². The fourth-order valence-electron chi connectivity index (χ4n) is 4.14. The highest BCUT2D eigenvalue weighted by atomic mass is 16.6. The third kappa shape index (κ3) is 1.59. The van der Waals surface area contributed by atoms with Crippen molar-refractivity contribution in [2.45, 2.75) is 5.66 Å². The number of hydrogen-bond acceptors (Lipinski definition) is 2. The zero-order valence-electron chi connectivity index (χ0n) is 15.7. The lowest BCUT2D eigenvalue weighted by molar-refractivity contribution is -0.961. The first-order valence-electron chi connectivity index (χ1n) is 9.26. The summed E-state index contributed by atoms with van der Waals surface area (Å²) in [6.45, 7) is 0.806. The number of allylic oxidation sites excluding steroid dienone is 1. The highest BCUT2D eigenvalue weighted by Crippen LogP contribution is 2.44. The molecule has 2 aromatic heterocycles. The molecule has 0 N–H and O–H groups in total. The molecule has 4 heterocycles. The molecule has 5 heteroatoms. The van der Waals surface area contributed by atoms with Gasteiger partial charge in [-0.15, -0.1) is 9.13 Å². The summed E-state index contributed by atoms with van der Waals surface area (Å²) in [5.41, 5.74) is 2.53. The molecule has 0 saturated heterocycles. The van der Waals surface area contributed by atoms with E-state index in [1.54, 1.807) is 18.2 Å². The lowest BCUT2D eigenvalue weighted by Crippen LogP contribution is -2.72. The lowest BCUT2D eigenvalue weighted by atomic mass is 9.90. The Morgan fingerprint density at radius 3 is 2.73 bits per heavy atom. The molecule has 1 spiro atoms. The summed E-state index contributed by atoms with van der Waals surface area (Å²) in [4.78, 5) is 11.3. The average molecular weight is 345 g/mol. The van der Waals surface area contributed by atoms with Crippen molar-refractivity contribution >= 4 is 6.08 Å². The van der Waals surface area contributed by atoms with E-state index in [0.717, 1.165) is 29.1 Å². The molecule has 5 rings (SSSR count). The Morgan fingerprint density at radius 1 is 1.12 bits per heavy atom. The normalized spacial score (nSPS) is 20.8. The predicted molar refractivity (Wildman–Crippen MR) is 95.3 cm³/mol. The van der Waals surface area contributed by atoms with E-state index in [9.17, 15) is 10.1 Å². The van der Waals surface area contributed by atoms with Crippen molar-refractivity contribution in [3.05, 3.63) is 112 Å². The number of nitrogens with zero attached hydrogens (tertiary/aromatic N) is 3. The zero-order chi connectivity index (χ0) is 19.5. The Bertz CT molecular complexity index is 1240. The Morgan fingerprint density at radius 2 is 1.92 bits per heavy atom. The Kier molecular flexibility index (Phi) is 2.42. The summed E-state index contributed by atoms with van der Waals surface area (Å²) in [7, 11) is 0. The minimum atomic E-state index is -1.02. The molecule has 0 aliphatic carbocycles. The number of fused-ring (bicyclic) bond motifs is 7. The topological polar surface area (TPSA) is 50.9 Å². The van der Waals surface area contributed by atoms with Gasteiger partial charge in [0.15, 0.2) is 18.0 Å². The highest BCUT2D eigenvalue weighted by Gasteiger charge is 2.68. The predicted octanol–water partition coefficient (Wildman–Crippen LogP) is 2.68. The van der Waals surface area contributed by atoms with Crippen LogP contribution in [0.4, 0.5) is 0 Å². The minimum absolute atomic E-state index is 0.256. The van der Waals surface area contributed by atoms with Gasteiger partial charge in [-0.2, -0.15) is 0 Å². The van der Waals surface area contributed by atoms with Gasteiger partial charge in [-0.25, -0.2) is 0 Å². The molecule has 0 bridgehead atoms. The van der Waals surface area contributed by atoms with Gasteiger partial charge in [0.2, 0.25) is 11.4 Å². The molecule has 124 valence electrons. The number of rotatable bonds is 2. The molecule has 1 unspecified atom stereocenters. The second-order valence-corrected chi connectivity index (χ2v) is 6.30. The first-order valence-corrected chi connectivity index (χ1v) is 8.18. The monoisotopic (exact) mass is 345 g/mol. The first-order chi connectivity index (χ1) is 13.6. The largest absolute Gasteiger partial charge is 0.423 e. The maximum absolute atomic E-state index is 11.8. The van der Waals surface area contributed by atoms with E-state index >= 15 is 0 Å². The maximum atomic E-state index is 11.8. The number of pyridine rings is 2. The molecule has 0 fully saturated rings. The van der Waals surface area contributed by atoms with Crippen LogP contribution in [-0.4, -0.2) is 4.92 Å². The van der Waals surface area contributed by atoms with Gasteiger partial charge < -0.3 is 0 Å². The van der Waals surface area contributed by atoms with Gasteiger partial charge >= 0.3 is 5.66 Å². The van der Waals surface area contributed by atoms with E-state index in [1.165, 1.54) is 0 Å². The van der Waals surface area contributed by atoms with Crippen molar-refractivity contribution in [3.8, 4) is 11.3 Å². The van der Waals surface area contributed by atoms with E-state index in [-0.39, 0.29) is 5.70 Å². The van der Waals surface area contributed by atoms with Crippen LogP contribution in [0.15, 0.2) is 90.9 Å². The SMILES string of the molecule is [3H]C=C(C1=Cc2cccc[n+]2C12c1ccc([3H])cc1-c1cccc[n+]12)[N+](=O)[O-]. The van der Waals surface area contributed by atoms with Gasteiger partial charge in [0, 0.05) is 30.3 Å². The second-order valence-electron chi connectivity index (χ2n) is 6.30. The molecular weight excluding hydrogens is 326 g/mol. The molecule has 2 aliphatic rings. The average Bonchev–Trinajstić information content (AvgIpc) is 3.18. The van der Waals surface area contributed by atoms with Crippen molar-refractivity contribution in [1.29, 1.82) is 0 Å². The fraction of sp³-hybridized carbons (Fsp3) is 0.0476. The summed E-state index contributed by atoms with van der Waals surface area (Å²) in [6, 6.07) is 17.1. The van der Waals surface area contributed by atoms with Gasteiger partial charge in [0.05, 0.1) is 13.2 Å². The van der Waals surface area contributed by atoms with Crippen LogP contribution >= 0.6 is 0 Å². The lowest BCUT2D eigenvalue weighted by Gasteiger charge is -2.18. The molecule has 0 radical (unpaired) electrons. The van der Waals surface area contributed by atoms with E-state index in [0.29, 0.717) is 11.6 Å². The summed E-state index contributed by atoms with van der Waals surface area (Å²) in [5.74, 6) is 0. The summed E-state index contributed by atoms with van der Waals surface area (Å²) < 4.78 is 19.8. The third-order valence-electron chi connectivity index (χ3n) is 5.10. The molecule has 26 heavy (non-hydrogen) atoms. The maximum Gasteiger partial charge on any atom is 0.423 e. The molecule has 3 aromatic rings. The van der Waals surface area contributed by atoms with E-state index in [2.05, 4.69) is 0 Å². The molecule has 1 aromatic carbocycles. The third-order valence-corrected chi connectivity index (χ3v) is 5.10. The van der Waals surface area contributed by atoms with Crippen molar-refractivity contribution in [2.24, 2.45) is 0 Å². The quantitative estimate of drug-likeness (QED) is 0.407. The van der Waals surface area contributed by atoms with Crippen LogP contribution in [0.5, 0.6) is 0 Å². The molecule has 0 amide bonds. The number of hydrogen-bond donors (Lipinski definition) is 0. The number of benzene rings is 1. The van der Waals surface area contributed by atoms with Crippen LogP contribution in [0, 0.1) is 10.1 Å². The summed E-state index contributed by atoms with van der Waals surface area (Å²) in [5, 5.41) is 11.8. The molecule has 1 atom stereocenters. The fourth-order valence-corrected chi connectivity index (χ4v) is 4.14. The molecule has 0 saturated carbocycles. The molecule has 5 nitrogen and oxygen atoms in total. The Balaban J connectivity index is 1.97. The highest BCUT2D eigenvalue weighted by molar-refractivity contribution is 5.70. The smallest absolute Gasteiger partial charge is 0.258 e. The van der Waals surface area contributed by atoms with Gasteiger partial charge in [-0.05, 0) is 30.8 Å². The first kappa shape index (κ1) is 12.7. The van der Waals surface area contributed by atoms with Crippen molar-refractivity contribution in [1.82, 2.24) is 0 Å². The minimum Gasteiger partial charge on any atom is -0.258 e. The van der Waals surface area contributed by atoms with Gasteiger partial charge in [-0.1, -0.05) is 12.1 Å². The number of aromatic nitrogens is 2. The van der Waals surface area contributed by atoms with E-state index in [4.69, 9.17) is 2.74 Å². The standard InChI is InChI=1S/C21H15N3O2/c1-15(24(25)26)19-14-16-8-4-6-12-22(16)21(19)18-10-3-2-9-17(18)20-11-5-7-13-23(20)21/h2-14H,1H2/q+2/i1T,2T. The van der Waals surface area contributed by atoms with Crippen molar-refractivity contribution < 1.29 is 16.8 Å². The summed E-state index contributed by atoms with van der Waals surface area (Å²) in [6.07, 6.45) is 5.56. The number of nitro groups is 1. The van der Waals surface area contributed by atoms with Crippen LogP contribution in [0.25, 0.3) is 17.3 Å². The van der Waals surface area contributed by atoms with Crippen LogP contribution < -0.4 is 9.13 Å². The van der Waals surface area contributed by atoms with E-state index < -0.39 is 10.6 Å². The summed E-state index contributed by atoms with van der Waals surface area (Å²) >= 11 is 0. The van der Waals surface area contributed by atoms with Crippen LogP contribution in [0.1, 0.15) is 14.0 Å². The van der Waals surface area contributed by atoms with Crippen LogP contribution in [-0.2, 0) is 5.66 Å².